The second-order valence-corrected chi connectivity index (χ2v) is 6.63. The number of carbonyl (C=O) groups is 2. The lowest BCUT2D eigenvalue weighted by Crippen LogP contribution is -2.45. The summed E-state index contributed by atoms with van der Waals surface area (Å²) in [6.45, 7) is 6.24. The maximum Gasteiger partial charge on any atom is 0.251 e. The van der Waals surface area contributed by atoms with E-state index < -0.39 is 0 Å². The van der Waals surface area contributed by atoms with Crippen molar-refractivity contribution in [2.45, 2.75) is 26.5 Å². The van der Waals surface area contributed by atoms with Crippen LogP contribution >= 0.6 is 0 Å². The monoisotopic (exact) mass is 388 g/mol. The average Bonchev–Trinajstić information content (AvgIpc) is 3.20. The van der Waals surface area contributed by atoms with Crippen LogP contribution in [0.5, 0.6) is 5.75 Å². The fraction of sp³-hybridized carbons (Fsp3) is 0.500. The normalized spacial score (nSPS) is 14.2. The minimum atomic E-state index is -0.334. The standard InChI is InChI=1S/C18H24N6O4/c1-13(2)24-16(20-21-22-24)12-28-15-5-3-4-14(10-15)18(26)19-11-17(25)23-6-8-27-9-7-23/h3-5,10,13H,6-9,11-12H2,1-2H3,(H,19,26). The van der Waals surface area contributed by atoms with Crippen LogP contribution in [0.15, 0.2) is 24.3 Å². The summed E-state index contributed by atoms with van der Waals surface area (Å²) < 4.78 is 12.6. The van der Waals surface area contributed by atoms with Gasteiger partial charge in [0, 0.05) is 18.7 Å². The Morgan fingerprint density at radius 3 is 2.82 bits per heavy atom. The molecular formula is C18H24N6O4. The zero-order valence-corrected chi connectivity index (χ0v) is 16.0. The molecule has 0 bridgehead atoms. The summed E-state index contributed by atoms with van der Waals surface area (Å²) in [7, 11) is 0. The maximum atomic E-state index is 12.4. The summed E-state index contributed by atoms with van der Waals surface area (Å²) in [4.78, 5) is 26.2. The molecule has 1 aliphatic rings. The van der Waals surface area contributed by atoms with E-state index in [-0.39, 0.29) is 31.0 Å². The summed E-state index contributed by atoms with van der Waals surface area (Å²) in [6, 6.07) is 6.88. The van der Waals surface area contributed by atoms with Crippen LogP contribution in [0, 0.1) is 0 Å². The first-order valence-electron chi connectivity index (χ1n) is 9.18. The number of carbonyl (C=O) groups excluding carboxylic acids is 2. The van der Waals surface area contributed by atoms with Crippen LogP contribution in [0.2, 0.25) is 0 Å². The van der Waals surface area contributed by atoms with Crippen LogP contribution in [-0.4, -0.2) is 69.8 Å². The van der Waals surface area contributed by atoms with E-state index in [0.717, 1.165) is 0 Å². The lowest BCUT2D eigenvalue weighted by molar-refractivity contribution is -0.134. The number of hydrogen-bond donors (Lipinski definition) is 1. The van der Waals surface area contributed by atoms with E-state index in [0.29, 0.717) is 43.4 Å². The van der Waals surface area contributed by atoms with Crippen molar-refractivity contribution < 1.29 is 19.1 Å². The predicted octanol–water partition coefficient (Wildman–Crippen LogP) is 0.422. The summed E-state index contributed by atoms with van der Waals surface area (Å²) >= 11 is 0. The van der Waals surface area contributed by atoms with E-state index >= 15 is 0 Å². The maximum absolute atomic E-state index is 12.4. The average molecular weight is 388 g/mol. The highest BCUT2D eigenvalue weighted by molar-refractivity contribution is 5.96. The van der Waals surface area contributed by atoms with E-state index in [2.05, 4.69) is 20.8 Å². The van der Waals surface area contributed by atoms with Crippen LogP contribution in [0.25, 0.3) is 0 Å². The molecule has 1 N–H and O–H groups in total. The molecule has 1 aromatic carbocycles. The molecule has 0 spiro atoms. The lowest BCUT2D eigenvalue weighted by atomic mass is 10.2. The molecule has 2 heterocycles. The van der Waals surface area contributed by atoms with Gasteiger partial charge in [0.2, 0.25) is 5.91 Å². The Labute approximate surface area is 162 Å². The predicted molar refractivity (Wildman–Crippen MR) is 98.7 cm³/mol. The second kappa shape index (κ2) is 9.27. The molecule has 0 radical (unpaired) electrons. The molecule has 1 saturated heterocycles. The number of aromatic nitrogens is 4. The van der Waals surface area contributed by atoms with Crippen molar-refractivity contribution in [2.24, 2.45) is 0 Å². The van der Waals surface area contributed by atoms with E-state index in [4.69, 9.17) is 9.47 Å². The Morgan fingerprint density at radius 1 is 1.29 bits per heavy atom. The Kier molecular flexibility index (Phi) is 6.53. The molecule has 28 heavy (non-hydrogen) atoms. The summed E-state index contributed by atoms with van der Waals surface area (Å²) in [5, 5.41) is 14.2. The van der Waals surface area contributed by atoms with Crippen LogP contribution < -0.4 is 10.1 Å². The van der Waals surface area contributed by atoms with E-state index in [9.17, 15) is 9.59 Å². The van der Waals surface area contributed by atoms with E-state index in [1.807, 2.05) is 13.8 Å². The van der Waals surface area contributed by atoms with Crippen molar-refractivity contribution in [2.75, 3.05) is 32.8 Å². The molecule has 2 amide bonds. The number of rotatable bonds is 7. The van der Waals surface area contributed by atoms with Crippen molar-refractivity contribution in [1.82, 2.24) is 30.4 Å². The molecule has 2 aromatic rings. The smallest absolute Gasteiger partial charge is 0.251 e. The molecule has 0 aliphatic carbocycles. The van der Waals surface area contributed by atoms with Gasteiger partial charge in [0.05, 0.1) is 25.8 Å². The van der Waals surface area contributed by atoms with Gasteiger partial charge in [0.25, 0.3) is 5.91 Å². The molecule has 10 heteroatoms. The molecule has 0 saturated carbocycles. The molecule has 1 fully saturated rings. The van der Waals surface area contributed by atoms with Gasteiger partial charge >= 0.3 is 0 Å². The summed E-state index contributed by atoms with van der Waals surface area (Å²) in [5.41, 5.74) is 0.413. The molecule has 0 atom stereocenters. The Hall–Kier alpha value is -3.01. The molecular weight excluding hydrogens is 364 g/mol. The fourth-order valence-electron chi connectivity index (χ4n) is 2.77. The van der Waals surface area contributed by atoms with Crippen LogP contribution in [-0.2, 0) is 16.1 Å². The van der Waals surface area contributed by atoms with Crippen molar-refractivity contribution in [1.29, 1.82) is 0 Å². The van der Waals surface area contributed by atoms with Gasteiger partial charge in [-0.25, -0.2) is 4.68 Å². The van der Waals surface area contributed by atoms with Crippen LogP contribution in [0.4, 0.5) is 0 Å². The molecule has 1 aromatic heterocycles. The number of benzene rings is 1. The number of amides is 2. The van der Waals surface area contributed by atoms with Crippen molar-refractivity contribution in [3.63, 3.8) is 0 Å². The highest BCUT2D eigenvalue weighted by Gasteiger charge is 2.18. The molecule has 150 valence electrons. The van der Waals surface area contributed by atoms with Gasteiger partial charge < -0.3 is 19.7 Å². The van der Waals surface area contributed by atoms with Gasteiger partial charge in [-0.2, -0.15) is 0 Å². The SMILES string of the molecule is CC(C)n1nnnc1COc1cccc(C(=O)NCC(=O)N2CCOCC2)c1. The number of nitrogens with one attached hydrogen (secondary N) is 1. The second-order valence-electron chi connectivity index (χ2n) is 6.63. The fourth-order valence-corrected chi connectivity index (χ4v) is 2.77. The van der Waals surface area contributed by atoms with Gasteiger partial charge in [-0.1, -0.05) is 6.07 Å². The summed E-state index contributed by atoms with van der Waals surface area (Å²) in [6.07, 6.45) is 0. The first kappa shape index (κ1) is 19.7. The minimum Gasteiger partial charge on any atom is -0.486 e. The van der Waals surface area contributed by atoms with Gasteiger partial charge in [0.1, 0.15) is 12.4 Å². The zero-order chi connectivity index (χ0) is 19.9. The molecule has 1 aliphatic heterocycles. The Morgan fingerprint density at radius 2 is 2.07 bits per heavy atom. The van der Waals surface area contributed by atoms with Gasteiger partial charge in [-0.3, -0.25) is 9.59 Å². The van der Waals surface area contributed by atoms with Gasteiger partial charge in [0.15, 0.2) is 5.82 Å². The molecule has 0 unspecified atom stereocenters. The first-order valence-corrected chi connectivity index (χ1v) is 9.18. The van der Waals surface area contributed by atoms with Gasteiger partial charge in [-0.15, -0.1) is 5.10 Å². The number of ether oxygens (including phenoxy) is 2. The Bertz CT molecular complexity index is 816. The number of hydrogen-bond acceptors (Lipinski definition) is 7. The number of nitrogens with zero attached hydrogens (tertiary/aromatic N) is 5. The third-order valence-corrected chi connectivity index (χ3v) is 4.28. The molecule has 3 rings (SSSR count). The highest BCUT2D eigenvalue weighted by Crippen LogP contribution is 2.15. The van der Waals surface area contributed by atoms with E-state index in [1.54, 1.807) is 33.8 Å². The minimum absolute atomic E-state index is 0.0485. The Balaban J connectivity index is 1.54. The zero-order valence-electron chi connectivity index (χ0n) is 16.0. The summed E-state index contributed by atoms with van der Waals surface area (Å²) in [5.74, 6) is 0.662. The first-order chi connectivity index (χ1) is 13.5. The van der Waals surface area contributed by atoms with Crippen LogP contribution in [0.3, 0.4) is 0 Å². The third kappa shape index (κ3) is 5.03. The van der Waals surface area contributed by atoms with Crippen molar-refractivity contribution >= 4 is 11.8 Å². The molecule has 10 nitrogen and oxygen atoms in total. The number of morpholine rings is 1. The largest absolute Gasteiger partial charge is 0.486 e. The number of tetrazole rings is 1. The quantitative estimate of drug-likeness (QED) is 0.732. The van der Waals surface area contributed by atoms with Gasteiger partial charge in [-0.05, 0) is 42.5 Å². The van der Waals surface area contributed by atoms with Crippen molar-refractivity contribution in [3.05, 3.63) is 35.7 Å². The van der Waals surface area contributed by atoms with Crippen molar-refractivity contribution in [3.8, 4) is 5.75 Å². The van der Waals surface area contributed by atoms with Crippen LogP contribution in [0.1, 0.15) is 36.1 Å². The third-order valence-electron chi connectivity index (χ3n) is 4.28. The van der Waals surface area contributed by atoms with E-state index in [1.165, 1.54) is 0 Å². The highest BCUT2D eigenvalue weighted by atomic mass is 16.5. The topological polar surface area (TPSA) is 111 Å². The lowest BCUT2D eigenvalue weighted by Gasteiger charge is -2.26.